The average molecular weight is 387 g/mol. The molecule has 144 valence electrons. The highest BCUT2D eigenvalue weighted by molar-refractivity contribution is 6.30. The van der Waals surface area contributed by atoms with Crippen LogP contribution in [0, 0.1) is 11.8 Å². The average Bonchev–Trinajstić information content (AvgIpc) is 3.11. The fourth-order valence-corrected chi connectivity index (χ4v) is 5.13. The third kappa shape index (κ3) is 4.29. The van der Waals surface area contributed by atoms with E-state index in [-0.39, 0.29) is 5.75 Å². The Balaban J connectivity index is 1.32. The lowest BCUT2D eigenvalue weighted by Gasteiger charge is -2.27. The highest BCUT2D eigenvalue weighted by Gasteiger charge is 2.48. The molecule has 1 aromatic heterocycles. The summed E-state index contributed by atoms with van der Waals surface area (Å²) >= 11 is 5.97. The van der Waals surface area contributed by atoms with Crippen molar-refractivity contribution < 1.29 is 10.2 Å². The van der Waals surface area contributed by atoms with E-state index >= 15 is 0 Å². The lowest BCUT2D eigenvalue weighted by atomic mass is 9.91. The summed E-state index contributed by atoms with van der Waals surface area (Å²) in [5.74, 6) is 1.68. The van der Waals surface area contributed by atoms with Crippen LogP contribution in [0.3, 0.4) is 0 Å². The molecule has 0 amide bonds. The standard InChI is InChI=1S/C22H27ClN2O2/c1-15(21-7-6-20(26)11-24-21)12-25-13-17-9-22(27,10-18(17)14-25)8-16-2-4-19(23)5-3-16/h2-7,11,15,17-18,26-27H,8-10,12-14H2,1H3/t15?,17-,18+,22-. The second-order valence-corrected chi connectivity index (χ2v) is 8.95. The lowest BCUT2D eigenvalue weighted by molar-refractivity contribution is 0.0353. The van der Waals surface area contributed by atoms with Gasteiger partial charge in [-0.05, 0) is 54.5 Å². The smallest absolute Gasteiger partial charge is 0.133 e. The molecule has 0 radical (unpaired) electrons. The van der Waals surface area contributed by atoms with Gasteiger partial charge in [0.1, 0.15) is 5.75 Å². The number of aromatic nitrogens is 1. The van der Waals surface area contributed by atoms with Crippen molar-refractivity contribution in [3.8, 4) is 5.75 Å². The van der Waals surface area contributed by atoms with E-state index in [4.69, 9.17) is 11.6 Å². The third-order valence-corrected chi connectivity index (χ3v) is 6.44. The Morgan fingerprint density at radius 3 is 2.41 bits per heavy atom. The number of aromatic hydroxyl groups is 1. The van der Waals surface area contributed by atoms with Gasteiger partial charge < -0.3 is 15.1 Å². The van der Waals surface area contributed by atoms with Crippen LogP contribution in [0.1, 0.15) is 36.9 Å². The molecular weight excluding hydrogens is 360 g/mol. The van der Waals surface area contributed by atoms with Gasteiger partial charge in [0.2, 0.25) is 0 Å². The van der Waals surface area contributed by atoms with E-state index in [0.717, 1.165) is 48.8 Å². The Kier molecular flexibility index (Phi) is 5.15. The summed E-state index contributed by atoms with van der Waals surface area (Å²) in [5.41, 5.74) is 1.59. The van der Waals surface area contributed by atoms with E-state index in [2.05, 4.69) is 16.8 Å². The molecule has 1 unspecified atom stereocenters. The molecule has 2 aromatic rings. The molecule has 1 saturated heterocycles. The third-order valence-electron chi connectivity index (χ3n) is 6.19. The number of rotatable bonds is 5. The van der Waals surface area contributed by atoms with Crippen LogP contribution in [-0.4, -0.2) is 45.3 Å². The molecule has 4 nitrogen and oxygen atoms in total. The molecule has 1 aliphatic carbocycles. The SMILES string of the molecule is CC(CN1C[C@@H]2C[C@@](O)(Cc3ccc(Cl)cc3)C[C@@H]2C1)c1ccc(O)cn1. The molecular formula is C22H27ClN2O2. The van der Waals surface area contributed by atoms with Crippen LogP contribution in [-0.2, 0) is 6.42 Å². The minimum Gasteiger partial charge on any atom is -0.506 e. The quantitative estimate of drug-likeness (QED) is 0.819. The Morgan fingerprint density at radius 1 is 1.15 bits per heavy atom. The van der Waals surface area contributed by atoms with Crippen molar-refractivity contribution in [1.82, 2.24) is 9.88 Å². The van der Waals surface area contributed by atoms with E-state index < -0.39 is 5.60 Å². The number of benzene rings is 1. The summed E-state index contributed by atoms with van der Waals surface area (Å²) in [4.78, 5) is 6.85. The summed E-state index contributed by atoms with van der Waals surface area (Å²) in [5, 5.41) is 21.2. The molecule has 5 heteroatoms. The van der Waals surface area contributed by atoms with Crippen molar-refractivity contribution in [2.24, 2.45) is 11.8 Å². The number of fused-ring (bicyclic) bond motifs is 1. The van der Waals surface area contributed by atoms with Crippen molar-refractivity contribution in [3.05, 3.63) is 58.9 Å². The van der Waals surface area contributed by atoms with Gasteiger partial charge in [-0.1, -0.05) is 30.7 Å². The van der Waals surface area contributed by atoms with E-state index in [0.29, 0.717) is 24.2 Å². The summed E-state index contributed by atoms with van der Waals surface area (Å²) in [6, 6.07) is 11.4. The summed E-state index contributed by atoms with van der Waals surface area (Å²) in [7, 11) is 0. The first kappa shape index (κ1) is 18.7. The van der Waals surface area contributed by atoms with E-state index in [1.807, 2.05) is 30.3 Å². The molecule has 2 fully saturated rings. The van der Waals surface area contributed by atoms with Gasteiger partial charge in [0.25, 0.3) is 0 Å². The maximum atomic E-state index is 11.1. The van der Waals surface area contributed by atoms with Crippen molar-refractivity contribution >= 4 is 11.6 Å². The molecule has 0 spiro atoms. The zero-order valence-electron chi connectivity index (χ0n) is 15.7. The normalized spacial score (nSPS) is 29.0. The van der Waals surface area contributed by atoms with Gasteiger partial charge in [-0.25, -0.2) is 0 Å². The molecule has 1 aliphatic heterocycles. The summed E-state index contributed by atoms with van der Waals surface area (Å²) < 4.78 is 0. The maximum Gasteiger partial charge on any atom is 0.133 e. The monoisotopic (exact) mass is 386 g/mol. The number of pyridine rings is 1. The zero-order valence-corrected chi connectivity index (χ0v) is 16.4. The van der Waals surface area contributed by atoms with Gasteiger partial charge in [0.15, 0.2) is 0 Å². The molecule has 2 aliphatic rings. The highest BCUT2D eigenvalue weighted by Crippen LogP contribution is 2.45. The Hall–Kier alpha value is -1.62. The van der Waals surface area contributed by atoms with Crippen LogP contribution in [0.15, 0.2) is 42.6 Å². The fraction of sp³-hybridized carbons (Fsp3) is 0.500. The van der Waals surface area contributed by atoms with Crippen LogP contribution in [0.4, 0.5) is 0 Å². The summed E-state index contributed by atoms with van der Waals surface area (Å²) in [6.07, 6.45) is 3.98. The Bertz CT molecular complexity index is 764. The van der Waals surface area contributed by atoms with Gasteiger partial charge in [0.05, 0.1) is 11.8 Å². The number of hydrogen-bond donors (Lipinski definition) is 2. The predicted molar refractivity (Wildman–Crippen MR) is 107 cm³/mol. The number of halogens is 1. The summed E-state index contributed by atoms with van der Waals surface area (Å²) in [6.45, 7) is 5.26. The Labute approximate surface area is 165 Å². The van der Waals surface area contributed by atoms with Crippen LogP contribution in [0.25, 0.3) is 0 Å². The number of hydrogen-bond acceptors (Lipinski definition) is 4. The van der Waals surface area contributed by atoms with Crippen LogP contribution in [0.5, 0.6) is 5.75 Å². The highest BCUT2D eigenvalue weighted by atomic mass is 35.5. The topological polar surface area (TPSA) is 56.6 Å². The van der Waals surface area contributed by atoms with Gasteiger partial charge >= 0.3 is 0 Å². The van der Waals surface area contributed by atoms with Gasteiger partial charge in [-0.2, -0.15) is 0 Å². The number of likely N-dealkylation sites (tertiary alicyclic amines) is 1. The predicted octanol–water partition coefficient (Wildman–Crippen LogP) is 3.86. The second-order valence-electron chi connectivity index (χ2n) is 8.52. The maximum absolute atomic E-state index is 11.1. The van der Waals surface area contributed by atoms with E-state index in [1.54, 1.807) is 6.07 Å². The molecule has 0 bridgehead atoms. The van der Waals surface area contributed by atoms with Crippen LogP contribution in [0.2, 0.25) is 5.02 Å². The lowest BCUT2D eigenvalue weighted by Crippen LogP contribution is -2.33. The Morgan fingerprint density at radius 2 is 1.81 bits per heavy atom. The molecule has 1 aromatic carbocycles. The minimum absolute atomic E-state index is 0.210. The number of aliphatic hydroxyl groups is 1. The van der Waals surface area contributed by atoms with Crippen molar-refractivity contribution in [2.45, 2.75) is 37.7 Å². The van der Waals surface area contributed by atoms with Crippen LogP contribution < -0.4 is 0 Å². The molecule has 4 atom stereocenters. The first-order valence-corrected chi connectivity index (χ1v) is 10.1. The molecule has 2 heterocycles. The van der Waals surface area contributed by atoms with Gasteiger partial charge in [0, 0.05) is 42.7 Å². The van der Waals surface area contributed by atoms with Crippen molar-refractivity contribution in [2.75, 3.05) is 19.6 Å². The van der Waals surface area contributed by atoms with Gasteiger partial charge in [-0.3, -0.25) is 4.98 Å². The molecule has 1 saturated carbocycles. The molecule has 27 heavy (non-hydrogen) atoms. The van der Waals surface area contributed by atoms with Gasteiger partial charge in [-0.15, -0.1) is 0 Å². The minimum atomic E-state index is -0.584. The molecule has 2 N–H and O–H groups in total. The number of nitrogens with zero attached hydrogens (tertiary/aromatic N) is 2. The van der Waals surface area contributed by atoms with E-state index in [9.17, 15) is 10.2 Å². The zero-order chi connectivity index (χ0) is 19.0. The molecule has 4 rings (SSSR count). The van der Waals surface area contributed by atoms with Crippen LogP contribution >= 0.6 is 11.6 Å². The van der Waals surface area contributed by atoms with E-state index in [1.165, 1.54) is 6.20 Å². The van der Waals surface area contributed by atoms with Crippen molar-refractivity contribution in [3.63, 3.8) is 0 Å². The largest absolute Gasteiger partial charge is 0.506 e. The first-order chi connectivity index (χ1) is 12.9. The van der Waals surface area contributed by atoms with Crippen molar-refractivity contribution in [1.29, 1.82) is 0 Å². The first-order valence-electron chi connectivity index (χ1n) is 9.74. The fourth-order valence-electron chi connectivity index (χ4n) is 5.00. The second kappa shape index (κ2) is 7.42.